The highest BCUT2D eigenvalue weighted by Gasteiger charge is 2.30. The van der Waals surface area contributed by atoms with E-state index in [0.717, 1.165) is 5.56 Å². The van der Waals surface area contributed by atoms with E-state index in [2.05, 4.69) is 25.5 Å². The molecular weight excluding hydrogens is 332 g/mol. The molecule has 0 aliphatic rings. The van der Waals surface area contributed by atoms with Gasteiger partial charge in [-0.25, -0.2) is 4.79 Å². The fourth-order valence-electron chi connectivity index (χ4n) is 2.79. The number of esters is 2. The van der Waals surface area contributed by atoms with E-state index < -0.39 is 18.0 Å². The number of ether oxygens (including phenoxy) is 3. The average molecular weight is 362 g/mol. The SMILES string of the molecule is COC(=O)[C@@H](/C=C/[C@H](C)[C@@H](OCc1ccccc1)C(C)(C)C)OC(C)=O. The highest BCUT2D eigenvalue weighted by atomic mass is 16.6. The summed E-state index contributed by atoms with van der Waals surface area (Å²) in [6.07, 6.45) is 2.26. The van der Waals surface area contributed by atoms with Crippen LogP contribution in [0.5, 0.6) is 0 Å². The van der Waals surface area contributed by atoms with E-state index in [0.29, 0.717) is 6.61 Å². The quantitative estimate of drug-likeness (QED) is 0.518. The highest BCUT2D eigenvalue weighted by molar-refractivity contribution is 5.80. The van der Waals surface area contributed by atoms with E-state index in [1.54, 1.807) is 6.08 Å². The maximum atomic E-state index is 11.8. The van der Waals surface area contributed by atoms with Crippen molar-refractivity contribution >= 4 is 11.9 Å². The molecule has 1 rings (SSSR count). The average Bonchev–Trinajstić information content (AvgIpc) is 2.57. The molecule has 5 heteroatoms. The van der Waals surface area contributed by atoms with Crippen LogP contribution < -0.4 is 0 Å². The smallest absolute Gasteiger partial charge is 0.351 e. The van der Waals surface area contributed by atoms with Crippen LogP contribution in [0.3, 0.4) is 0 Å². The Morgan fingerprint density at radius 1 is 1.12 bits per heavy atom. The third-order valence-corrected chi connectivity index (χ3v) is 3.92. The Morgan fingerprint density at radius 2 is 1.73 bits per heavy atom. The number of benzene rings is 1. The zero-order chi connectivity index (χ0) is 19.7. The summed E-state index contributed by atoms with van der Waals surface area (Å²) in [4.78, 5) is 22.9. The molecule has 0 aromatic heterocycles. The minimum Gasteiger partial charge on any atom is -0.466 e. The molecule has 0 saturated heterocycles. The molecule has 0 fully saturated rings. The lowest BCUT2D eigenvalue weighted by Gasteiger charge is -2.34. The van der Waals surface area contributed by atoms with Gasteiger partial charge in [0.25, 0.3) is 0 Å². The number of hydrogen-bond donors (Lipinski definition) is 0. The fourth-order valence-corrected chi connectivity index (χ4v) is 2.79. The van der Waals surface area contributed by atoms with Gasteiger partial charge in [-0.3, -0.25) is 4.79 Å². The largest absolute Gasteiger partial charge is 0.466 e. The van der Waals surface area contributed by atoms with Gasteiger partial charge in [0.05, 0.1) is 19.8 Å². The number of rotatable bonds is 8. The Kier molecular flexibility index (Phi) is 8.52. The fraction of sp³-hybridized carbons (Fsp3) is 0.524. The maximum absolute atomic E-state index is 11.8. The summed E-state index contributed by atoms with van der Waals surface area (Å²) in [5, 5.41) is 0. The summed E-state index contributed by atoms with van der Waals surface area (Å²) in [7, 11) is 1.26. The van der Waals surface area contributed by atoms with Gasteiger partial charge in [-0.2, -0.15) is 0 Å². The van der Waals surface area contributed by atoms with Crippen LogP contribution in [-0.2, 0) is 30.4 Å². The van der Waals surface area contributed by atoms with E-state index in [4.69, 9.17) is 9.47 Å². The molecule has 0 N–H and O–H groups in total. The van der Waals surface area contributed by atoms with Crippen molar-refractivity contribution in [2.24, 2.45) is 11.3 Å². The second kappa shape index (κ2) is 10.1. The maximum Gasteiger partial charge on any atom is 0.351 e. The molecule has 0 heterocycles. The second-order valence-electron chi connectivity index (χ2n) is 7.38. The number of carbonyl (C=O) groups excluding carboxylic acids is 2. The predicted octanol–water partition coefficient (Wildman–Crippen LogP) is 3.91. The molecule has 0 aliphatic carbocycles. The van der Waals surface area contributed by atoms with Gasteiger partial charge in [-0.15, -0.1) is 0 Å². The summed E-state index contributed by atoms with van der Waals surface area (Å²) >= 11 is 0. The van der Waals surface area contributed by atoms with Gasteiger partial charge in [0.1, 0.15) is 0 Å². The molecule has 3 atom stereocenters. The van der Waals surface area contributed by atoms with Crippen LogP contribution in [0.1, 0.15) is 40.2 Å². The first-order valence-corrected chi connectivity index (χ1v) is 8.74. The van der Waals surface area contributed by atoms with E-state index in [-0.39, 0.29) is 17.4 Å². The summed E-state index contributed by atoms with van der Waals surface area (Å²) in [5.41, 5.74) is 0.992. The first-order valence-electron chi connectivity index (χ1n) is 8.74. The van der Waals surface area contributed by atoms with Crippen molar-refractivity contribution in [3.63, 3.8) is 0 Å². The lowest BCUT2D eigenvalue weighted by Crippen LogP contribution is -2.35. The first kappa shape index (κ1) is 21.9. The predicted molar refractivity (Wildman–Crippen MR) is 100 cm³/mol. The summed E-state index contributed by atoms with van der Waals surface area (Å²) in [6, 6.07) is 9.98. The molecule has 1 aromatic carbocycles. The monoisotopic (exact) mass is 362 g/mol. The zero-order valence-electron chi connectivity index (χ0n) is 16.5. The van der Waals surface area contributed by atoms with E-state index in [1.165, 1.54) is 14.0 Å². The molecule has 0 aliphatic heterocycles. The Bertz CT molecular complexity index is 601. The van der Waals surface area contributed by atoms with Crippen molar-refractivity contribution in [2.45, 2.75) is 53.4 Å². The van der Waals surface area contributed by atoms with Gasteiger partial charge in [-0.1, -0.05) is 64.1 Å². The molecule has 5 nitrogen and oxygen atoms in total. The molecular formula is C21H30O5. The van der Waals surface area contributed by atoms with Crippen LogP contribution >= 0.6 is 0 Å². The van der Waals surface area contributed by atoms with E-state index in [9.17, 15) is 9.59 Å². The normalized spacial score (nSPS) is 15.3. The van der Waals surface area contributed by atoms with Gasteiger partial charge in [0.15, 0.2) is 0 Å². The summed E-state index contributed by atoms with van der Waals surface area (Å²) < 4.78 is 15.9. The molecule has 26 heavy (non-hydrogen) atoms. The number of carbonyl (C=O) groups is 2. The van der Waals surface area contributed by atoms with Crippen molar-refractivity contribution in [3.05, 3.63) is 48.0 Å². The Morgan fingerprint density at radius 3 is 2.23 bits per heavy atom. The molecule has 0 unspecified atom stereocenters. The highest BCUT2D eigenvalue weighted by Crippen LogP contribution is 2.30. The molecule has 1 aromatic rings. The third kappa shape index (κ3) is 7.40. The lowest BCUT2D eigenvalue weighted by molar-refractivity contribution is -0.161. The lowest BCUT2D eigenvalue weighted by atomic mass is 9.81. The Balaban J connectivity index is 2.85. The first-order chi connectivity index (χ1) is 12.1. The third-order valence-electron chi connectivity index (χ3n) is 3.92. The van der Waals surface area contributed by atoms with Crippen LogP contribution in [0.25, 0.3) is 0 Å². The van der Waals surface area contributed by atoms with E-state index in [1.807, 2.05) is 43.3 Å². The van der Waals surface area contributed by atoms with Crippen molar-refractivity contribution in [1.82, 2.24) is 0 Å². The number of hydrogen-bond acceptors (Lipinski definition) is 5. The van der Waals surface area contributed by atoms with Crippen LogP contribution in [0.15, 0.2) is 42.5 Å². The topological polar surface area (TPSA) is 61.8 Å². The van der Waals surface area contributed by atoms with Crippen molar-refractivity contribution in [2.75, 3.05) is 7.11 Å². The van der Waals surface area contributed by atoms with Crippen molar-refractivity contribution in [3.8, 4) is 0 Å². The van der Waals surface area contributed by atoms with Gasteiger partial charge >= 0.3 is 11.9 Å². The second-order valence-corrected chi connectivity index (χ2v) is 7.38. The van der Waals surface area contributed by atoms with Crippen LogP contribution in [0.2, 0.25) is 0 Å². The minimum absolute atomic E-state index is 0.00132. The molecule has 0 saturated carbocycles. The van der Waals surface area contributed by atoms with Crippen molar-refractivity contribution < 1.29 is 23.8 Å². The Hall–Kier alpha value is -2.14. The minimum atomic E-state index is -1.05. The van der Waals surface area contributed by atoms with Crippen LogP contribution in [0, 0.1) is 11.3 Å². The van der Waals surface area contributed by atoms with Crippen molar-refractivity contribution in [1.29, 1.82) is 0 Å². The summed E-state index contributed by atoms with van der Waals surface area (Å²) in [5.74, 6) is -1.15. The number of methoxy groups -OCH3 is 1. The standard InChI is InChI=1S/C21H30O5/c1-15(12-13-18(20(23)24-6)26-16(2)22)19(21(3,4)5)25-14-17-10-8-7-9-11-17/h7-13,15,18-19H,14H2,1-6H3/b13-12+/t15-,18+,19+/m0/s1. The van der Waals surface area contributed by atoms with Crippen LogP contribution in [0.4, 0.5) is 0 Å². The zero-order valence-corrected chi connectivity index (χ0v) is 16.5. The van der Waals surface area contributed by atoms with E-state index >= 15 is 0 Å². The molecule has 144 valence electrons. The van der Waals surface area contributed by atoms with Gasteiger partial charge in [0.2, 0.25) is 6.10 Å². The van der Waals surface area contributed by atoms with Gasteiger partial charge in [0, 0.05) is 12.8 Å². The van der Waals surface area contributed by atoms with Crippen LogP contribution in [-0.4, -0.2) is 31.3 Å². The molecule has 0 amide bonds. The van der Waals surface area contributed by atoms with Gasteiger partial charge < -0.3 is 14.2 Å². The summed E-state index contributed by atoms with van der Waals surface area (Å²) in [6.45, 7) is 10.1. The van der Waals surface area contributed by atoms with Gasteiger partial charge in [-0.05, 0) is 17.1 Å². The Labute approximate surface area is 156 Å². The molecule has 0 radical (unpaired) electrons. The molecule has 0 bridgehead atoms. The molecule has 0 spiro atoms.